The summed E-state index contributed by atoms with van der Waals surface area (Å²) in [5, 5.41) is 0. The van der Waals surface area contributed by atoms with E-state index in [1.807, 2.05) is 29.2 Å². The number of nitrogens with zero attached hydrogens (tertiary/aromatic N) is 2. The Kier molecular flexibility index (Phi) is 4.72. The van der Waals surface area contributed by atoms with Gasteiger partial charge in [-0.3, -0.25) is 4.79 Å². The summed E-state index contributed by atoms with van der Waals surface area (Å²) in [6.07, 6.45) is 2.78. The maximum Gasteiger partial charge on any atom is 0.250 e. The number of anilines is 1. The van der Waals surface area contributed by atoms with Gasteiger partial charge in [-0.1, -0.05) is 22.0 Å². The SMILES string of the molecule is COc1ccc(N2CCN(C(=O)C3=Cc4cc(Br)ccc4C3)CC2)cc1. The third-order valence-electron chi connectivity index (χ3n) is 5.10. The number of ether oxygens (including phenoxy) is 1. The van der Waals surface area contributed by atoms with Gasteiger partial charge in [-0.15, -0.1) is 0 Å². The number of halogens is 1. The number of amides is 1. The second kappa shape index (κ2) is 7.16. The van der Waals surface area contributed by atoms with Crippen LogP contribution < -0.4 is 9.64 Å². The average molecular weight is 413 g/mol. The maximum absolute atomic E-state index is 12.9. The highest BCUT2D eigenvalue weighted by atomic mass is 79.9. The molecule has 2 aromatic carbocycles. The summed E-state index contributed by atoms with van der Waals surface area (Å²) in [4.78, 5) is 17.2. The van der Waals surface area contributed by atoms with E-state index in [9.17, 15) is 4.79 Å². The number of carbonyl (C=O) groups excluding carboxylic acids is 1. The zero-order valence-corrected chi connectivity index (χ0v) is 16.3. The Morgan fingerprint density at radius 1 is 1.04 bits per heavy atom. The molecule has 5 heteroatoms. The van der Waals surface area contributed by atoms with Crippen molar-refractivity contribution in [1.29, 1.82) is 0 Å². The predicted molar refractivity (Wildman–Crippen MR) is 108 cm³/mol. The van der Waals surface area contributed by atoms with E-state index in [4.69, 9.17) is 4.74 Å². The molecule has 1 amide bonds. The van der Waals surface area contributed by atoms with Crippen molar-refractivity contribution in [2.24, 2.45) is 0 Å². The van der Waals surface area contributed by atoms with Gasteiger partial charge >= 0.3 is 0 Å². The molecular weight excluding hydrogens is 392 g/mol. The van der Waals surface area contributed by atoms with Gasteiger partial charge in [0.05, 0.1) is 7.11 Å². The largest absolute Gasteiger partial charge is 0.497 e. The Labute approximate surface area is 162 Å². The molecule has 0 spiro atoms. The molecule has 1 aliphatic heterocycles. The van der Waals surface area contributed by atoms with Crippen molar-refractivity contribution in [3.8, 4) is 5.75 Å². The van der Waals surface area contributed by atoms with E-state index in [-0.39, 0.29) is 5.91 Å². The van der Waals surface area contributed by atoms with Crippen LogP contribution in [0.5, 0.6) is 5.75 Å². The molecule has 0 aromatic heterocycles. The van der Waals surface area contributed by atoms with E-state index in [0.29, 0.717) is 0 Å². The van der Waals surface area contributed by atoms with Crippen molar-refractivity contribution < 1.29 is 9.53 Å². The first kappa shape index (κ1) is 17.2. The highest BCUT2D eigenvalue weighted by molar-refractivity contribution is 9.10. The van der Waals surface area contributed by atoms with Gasteiger partial charge in [0.2, 0.25) is 5.91 Å². The van der Waals surface area contributed by atoms with Gasteiger partial charge in [0.1, 0.15) is 5.75 Å². The van der Waals surface area contributed by atoms with Gasteiger partial charge in [0, 0.05) is 48.3 Å². The first-order chi connectivity index (χ1) is 12.6. The summed E-state index contributed by atoms with van der Waals surface area (Å²) in [6, 6.07) is 14.3. The molecule has 1 fully saturated rings. The first-order valence-corrected chi connectivity index (χ1v) is 9.60. The van der Waals surface area contributed by atoms with Gasteiger partial charge in [0.15, 0.2) is 0 Å². The topological polar surface area (TPSA) is 32.8 Å². The van der Waals surface area contributed by atoms with E-state index in [0.717, 1.165) is 54.0 Å². The summed E-state index contributed by atoms with van der Waals surface area (Å²) in [5.74, 6) is 1.04. The molecule has 1 aliphatic carbocycles. The van der Waals surface area contributed by atoms with Gasteiger partial charge in [-0.05, 0) is 53.6 Å². The summed E-state index contributed by atoms with van der Waals surface area (Å²) in [5.41, 5.74) is 4.46. The molecule has 0 atom stereocenters. The van der Waals surface area contributed by atoms with Crippen LogP contribution in [0.3, 0.4) is 0 Å². The van der Waals surface area contributed by atoms with E-state index in [1.54, 1.807) is 7.11 Å². The fraction of sp³-hybridized carbons (Fsp3) is 0.286. The van der Waals surface area contributed by atoms with Crippen molar-refractivity contribution in [2.45, 2.75) is 6.42 Å². The molecule has 4 nitrogen and oxygen atoms in total. The summed E-state index contributed by atoms with van der Waals surface area (Å²) < 4.78 is 6.27. The predicted octanol–water partition coefficient (Wildman–Crippen LogP) is 3.75. The third kappa shape index (κ3) is 3.36. The van der Waals surface area contributed by atoms with Gasteiger partial charge in [-0.25, -0.2) is 0 Å². The van der Waals surface area contributed by atoms with Gasteiger partial charge in [-0.2, -0.15) is 0 Å². The van der Waals surface area contributed by atoms with Crippen LogP contribution >= 0.6 is 15.9 Å². The van der Waals surface area contributed by atoms with E-state index < -0.39 is 0 Å². The van der Waals surface area contributed by atoms with Crippen LogP contribution in [-0.2, 0) is 11.2 Å². The van der Waals surface area contributed by atoms with Crippen LogP contribution in [0.4, 0.5) is 5.69 Å². The second-order valence-corrected chi connectivity index (χ2v) is 7.58. The number of benzene rings is 2. The lowest BCUT2D eigenvalue weighted by Gasteiger charge is -2.36. The normalized spacial score (nSPS) is 16.3. The second-order valence-electron chi connectivity index (χ2n) is 6.67. The third-order valence-corrected chi connectivity index (χ3v) is 5.59. The molecule has 0 N–H and O–H groups in total. The van der Waals surface area contributed by atoms with Crippen molar-refractivity contribution in [3.05, 3.63) is 63.6 Å². The number of methoxy groups -OCH3 is 1. The highest BCUT2D eigenvalue weighted by Gasteiger charge is 2.26. The molecule has 2 aliphatic rings. The Morgan fingerprint density at radius 2 is 1.77 bits per heavy atom. The minimum absolute atomic E-state index is 0.173. The van der Waals surface area contributed by atoms with Crippen molar-refractivity contribution in [3.63, 3.8) is 0 Å². The van der Waals surface area contributed by atoms with Crippen LogP contribution in [0.1, 0.15) is 11.1 Å². The molecule has 26 heavy (non-hydrogen) atoms. The lowest BCUT2D eigenvalue weighted by Crippen LogP contribution is -2.49. The minimum atomic E-state index is 0.173. The summed E-state index contributed by atoms with van der Waals surface area (Å²) >= 11 is 3.50. The van der Waals surface area contributed by atoms with E-state index >= 15 is 0 Å². The van der Waals surface area contributed by atoms with Crippen LogP contribution in [0, 0.1) is 0 Å². The number of fused-ring (bicyclic) bond motifs is 1. The molecule has 0 saturated carbocycles. The lowest BCUT2D eigenvalue weighted by molar-refractivity contribution is -0.127. The zero-order chi connectivity index (χ0) is 18.1. The number of piperazine rings is 1. The van der Waals surface area contributed by atoms with Crippen LogP contribution in [0.25, 0.3) is 6.08 Å². The minimum Gasteiger partial charge on any atom is -0.497 e. The molecule has 0 radical (unpaired) electrons. The quantitative estimate of drug-likeness (QED) is 0.769. The smallest absolute Gasteiger partial charge is 0.250 e. The van der Waals surface area contributed by atoms with E-state index in [1.165, 1.54) is 11.3 Å². The zero-order valence-electron chi connectivity index (χ0n) is 14.7. The van der Waals surface area contributed by atoms with Crippen LogP contribution in [-0.4, -0.2) is 44.1 Å². The number of hydrogen-bond acceptors (Lipinski definition) is 3. The molecule has 4 rings (SSSR count). The average Bonchev–Trinajstić information content (AvgIpc) is 3.11. The summed E-state index contributed by atoms with van der Waals surface area (Å²) in [6.45, 7) is 3.21. The molecule has 134 valence electrons. The number of hydrogen-bond donors (Lipinski definition) is 0. The molecule has 1 heterocycles. The molecule has 1 saturated heterocycles. The Bertz CT molecular complexity index is 853. The molecule has 2 aromatic rings. The fourth-order valence-corrected chi connectivity index (χ4v) is 3.99. The Hall–Kier alpha value is -2.27. The van der Waals surface area contributed by atoms with Gasteiger partial charge in [0.25, 0.3) is 0 Å². The standard InChI is InChI=1S/C21H21BrN2O2/c1-26-20-6-4-19(5-7-20)23-8-10-24(11-9-23)21(25)17-12-15-2-3-18(22)14-16(15)13-17/h2-7,13-14H,8-12H2,1H3. The number of rotatable bonds is 3. The van der Waals surface area contributed by atoms with Crippen LogP contribution in [0.2, 0.25) is 0 Å². The molecule has 0 bridgehead atoms. The monoisotopic (exact) mass is 412 g/mol. The fourth-order valence-electron chi connectivity index (χ4n) is 3.61. The van der Waals surface area contributed by atoms with Crippen molar-refractivity contribution in [1.82, 2.24) is 4.90 Å². The maximum atomic E-state index is 12.9. The lowest BCUT2D eigenvalue weighted by atomic mass is 10.1. The van der Waals surface area contributed by atoms with Gasteiger partial charge < -0.3 is 14.5 Å². The molecular formula is C21H21BrN2O2. The number of carbonyl (C=O) groups is 1. The van der Waals surface area contributed by atoms with Crippen LogP contribution in [0.15, 0.2) is 52.5 Å². The Balaban J connectivity index is 1.39. The van der Waals surface area contributed by atoms with Crippen molar-refractivity contribution >= 4 is 33.6 Å². The summed E-state index contributed by atoms with van der Waals surface area (Å²) in [7, 11) is 1.67. The molecule has 0 unspecified atom stereocenters. The van der Waals surface area contributed by atoms with Crippen molar-refractivity contribution in [2.75, 3.05) is 38.2 Å². The Morgan fingerprint density at radius 3 is 2.46 bits per heavy atom. The van der Waals surface area contributed by atoms with E-state index in [2.05, 4.69) is 45.1 Å². The first-order valence-electron chi connectivity index (χ1n) is 8.81. The highest BCUT2D eigenvalue weighted by Crippen LogP contribution is 2.29.